The van der Waals surface area contributed by atoms with E-state index in [0.29, 0.717) is 22.9 Å². The number of nitrogens with zero attached hydrogens (tertiary/aromatic N) is 1. The lowest BCUT2D eigenvalue weighted by molar-refractivity contribution is 0.0934. The summed E-state index contributed by atoms with van der Waals surface area (Å²) in [5.41, 5.74) is 10.9. The summed E-state index contributed by atoms with van der Waals surface area (Å²) in [6.45, 7) is 0. The number of nitrogens with two attached hydrogens (primary N) is 1. The molecule has 4 nitrogen and oxygen atoms in total. The normalized spacial score (nSPS) is 14.4. The maximum absolute atomic E-state index is 13.6. The van der Waals surface area contributed by atoms with E-state index in [2.05, 4.69) is 17.4 Å². The lowest BCUT2D eigenvalue weighted by Crippen LogP contribution is -2.31. The maximum atomic E-state index is 13.6. The number of carbonyl (C=O) groups is 1. The number of aromatic nitrogens is 1. The number of hydrogen-bond acceptors (Lipinski definition) is 3. The first-order valence-electron chi connectivity index (χ1n) is 10.3. The molecule has 0 saturated heterocycles. The van der Waals surface area contributed by atoms with Crippen molar-refractivity contribution >= 4 is 22.5 Å². The third kappa shape index (κ3) is 3.41. The van der Waals surface area contributed by atoms with Gasteiger partial charge in [-0.15, -0.1) is 0 Å². The molecule has 5 rings (SSSR count). The molecule has 1 aromatic heterocycles. The highest BCUT2D eigenvalue weighted by atomic mass is 16.1. The minimum Gasteiger partial charge on any atom is -0.396 e. The predicted molar refractivity (Wildman–Crippen MR) is 121 cm³/mol. The largest absolute Gasteiger partial charge is 0.396 e. The molecule has 0 radical (unpaired) electrons. The molecule has 30 heavy (non-hydrogen) atoms. The summed E-state index contributed by atoms with van der Waals surface area (Å²) in [4.78, 5) is 18.3. The molecule has 0 aliphatic heterocycles. The number of benzene rings is 3. The van der Waals surface area contributed by atoms with Gasteiger partial charge >= 0.3 is 0 Å². The summed E-state index contributed by atoms with van der Waals surface area (Å²) in [6, 6.07) is 27.6. The summed E-state index contributed by atoms with van der Waals surface area (Å²) in [6.07, 6.45) is 2.25. The van der Waals surface area contributed by atoms with Crippen LogP contribution in [0.2, 0.25) is 0 Å². The van der Waals surface area contributed by atoms with Crippen molar-refractivity contribution in [3.63, 3.8) is 0 Å². The highest BCUT2D eigenvalue weighted by Crippen LogP contribution is 2.41. The first kappa shape index (κ1) is 18.4. The van der Waals surface area contributed by atoms with Crippen LogP contribution in [-0.4, -0.2) is 10.9 Å². The van der Waals surface area contributed by atoms with Gasteiger partial charge in [-0.25, -0.2) is 4.98 Å². The Bertz CT molecular complexity index is 1200. The fourth-order valence-corrected chi connectivity index (χ4v) is 4.06. The van der Waals surface area contributed by atoms with Crippen molar-refractivity contribution in [2.45, 2.75) is 18.9 Å². The van der Waals surface area contributed by atoms with Crippen LogP contribution in [0.4, 0.5) is 5.69 Å². The number of carbonyl (C=O) groups excluding carboxylic acids is 1. The highest BCUT2D eigenvalue weighted by Gasteiger charge is 2.34. The van der Waals surface area contributed by atoms with Crippen LogP contribution >= 0.6 is 0 Å². The Labute approximate surface area is 175 Å². The zero-order chi connectivity index (χ0) is 20.5. The monoisotopic (exact) mass is 393 g/mol. The van der Waals surface area contributed by atoms with Crippen molar-refractivity contribution in [1.29, 1.82) is 0 Å². The first-order valence-corrected chi connectivity index (χ1v) is 10.3. The average Bonchev–Trinajstić information content (AvgIpc) is 3.63. The summed E-state index contributed by atoms with van der Waals surface area (Å²) in [7, 11) is 0. The number of nitrogen functional groups attached to an aromatic ring is 1. The van der Waals surface area contributed by atoms with E-state index in [1.165, 1.54) is 0 Å². The Balaban J connectivity index is 1.60. The quantitative estimate of drug-likeness (QED) is 0.479. The predicted octanol–water partition coefficient (Wildman–Crippen LogP) is 5.37. The molecule has 0 unspecified atom stereocenters. The second kappa shape index (κ2) is 7.64. The molecule has 0 spiro atoms. The minimum absolute atomic E-state index is 0.00907. The Kier molecular flexibility index (Phi) is 4.68. The van der Waals surface area contributed by atoms with Crippen LogP contribution in [0.1, 0.15) is 34.8 Å². The first-order chi connectivity index (χ1) is 14.7. The van der Waals surface area contributed by atoms with Gasteiger partial charge in [0.25, 0.3) is 5.91 Å². The molecule has 1 atom stereocenters. The molecule has 1 fully saturated rings. The standard InChI is InChI=1S/C26H23N3O/c27-23-22(26(30)29-24(19-15-16-19)17-9-3-1-4-10-17)20-13-7-8-14-21(20)28-25(23)18-11-5-2-6-12-18/h1-14,19,24H,15-16,27H2,(H,29,30)/t24-/m1/s1. The van der Waals surface area contributed by atoms with E-state index in [1.54, 1.807) is 0 Å². The van der Waals surface area contributed by atoms with E-state index in [1.807, 2.05) is 72.8 Å². The van der Waals surface area contributed by atoms with Gasteiger partial charge in [0.15, 0.2) is 0 Å². The Morgan fingerprint density at radius 2 is 1.53 bits per heavy atom. The zero-order valence-corrected chi connectivity index (χ0v) is 16.6. The van der Waals surface area contributed by atoms with Gasteiger partial charge in [-0.1, -0.05) is 78.9 Å². The molecule has 1 saturated carbocycles. The number of anilines is 1. The third-order valence-corrected chi connectivity index (χ3v) is 5.74. The van der Waals surface area contributed by atoms with Gasteiger partial charge in [0.05, 0.1) is 28.5 Å². The van der Waals surface area contributed by atoms with Crippen molar-refractivity contribution in [2.24, 2.45) is 5.92 Å². The summed E-state index contributed by atoms with van der Waals surface area (Å²) in [5.74, 6) is 0.323. The number of pyridine rings is 1. The van der Waals surface area contributed by atoms with E-state index < -0.39 is 0 Å². The highest BCUT2D eigenvalue weighted by molar-refractivity contribution is 6.12. The molecule has 3 N–H and O–H groups in total. The summed E-state index contributed by atoms with van der Waals surface area (Å²) >= 11 is 0. The Hall–Kier alpha value is -3.66. The fraction of sp³-hybridized carbons (Fsp3) is 0.154. The van der Waals surface area contributed by atoms with E-state index in [9.17, 15) is 4.79 Å². The van der Waals surface area contributed by atoms with Crippen LogP contribution in [-0.2, 0) is 0 Å². The second-order valence-corrected chi connectivity index (χ2v) is 7.83. The number of hydrogen-bond donors (Lipinski definition) is 2. The van der Waals surface area contributed by atoms with Crippen LogP contribution in [0.3, 0.4) is 0 Å². The average molecular weight is 393 g/mol. The molecule has 1 aliphatic rings. The Morgan fingerprint density at radius 3 is 2.23 bits per heavy atom. The number of para-hydroxylation sites is 1. The van der Waals surface area contributed by atoms with Gasteiger partial charge in [0.2, 0.25) is 0 Å². The van der Waals surface area contributed by atoms with Crippen LogP contribution in [0.5, 0.6) is 0 Å². The van der Waals surface area contributed by atoms with Crippen LogP contribution < -0.4 is 11.1 Å². The van der Waals surface area contributed by atoms with Gasteiger partial charge in [0.1, 0.15) is 0 Å². The lowest BCUT2D eigenvalue weighted by Gasteiger charge is -2.21. The second-order valence-electron chi connectivity index (χ2n) is 7.83. The molecular weight excluding hydrogens is 370 g/mol. The molecule has 148 valence electrons. The molecular formula is C26H23N3O. The number of rotatable bonds is 5. The topological polar surface area (TPSA) is 68.0 Å². The number of fused-ring (bicyclic) bond motifs is 1. The zero-order valence-electron chi connectivity index (χ0n) is 16.6. The van der Waals surface area contributed by atoms with Crippen LogP contribution in [0.25, 0.3) is 22.2 Å². The van der Waals surface area contributed by atoms with E-state index in [-0.39, 0.29) is 11.9 Å². The molecule has 1 aliphatic carbocycles. The summed E-state index contributed by atoms with van der Waals surface area (Å²) < 4.78 is 0. The minimum atomic E-state index is -0.149. The molecule has 4 heteroatoms. The van der Waals surface area contributed by atoms with E-state index >= 15 is 0 Å². The molecule has 3 aromatic carbocycles. The van der Waals surface area contributed by atoms with Gasteiger partial charge in [0, 0.05) is 10.9 Å². The van der Waals surface area contributed by atoms with Crippen molar-refractivity contribution in [3.8, 4) is 11.3 Å². The maximum Gasteiger partial charge on any atom is 0.254 e. The summed E-state index contributed by atoms with van der Waals surface area (Å²) in [5, 5.41) is 4.05. The van der Waals surface area contributed by atoms with Crippen LogP contribution in [0, 0.1) is 5.92 Å². The molecule has 4 aromatic rings. The van der Waals surface area contributed by atoms with Crippen molar-refractivity contribution in [3.05, 3.63) is 96.1 Å². The molecule has 1 heterocycles. The van der Waals surface area contributed by atoms with Crippen molar-refractivity contribution < 1.29 is 4.79 Å². The van der Waals surface area contributed by atoms with Crippen LogP contribution in [0.15, 0.2) is 84.9 Å². The molecule has 1 amide bonds. The van der Waals surface area contributed by atoms with Gasteiger partial charge < -0.3 is 11.1 Å². The van der Waals surface area contributed by atoms with Gasteiger partial charge in [-0.2, -0.15) is 0 Å². The van der Waals surface area contributed by atoms with E-state index in [0.717, 1.165) is 34.9 Å². The number of amides is 1. The SMILES string of the molecule is Nc1c(-c2ccccc2)nc2ccccc2c1C(=O)N[C@H](c1ccccc1)C1CC1. The van der Waals surface area contributed by atoms with Crippen molar-refractivity contribution in [2.75, 3.05) is 5.73 Å². The van der Waals surface area contributed by atoms with Gasteiger partial charge in [-0.05, 0) is 30.4 Å². The Morgan fingerprint density at radius 1 is 0.900 bits per heavy atom. The van der Waals surface area contributed by atoms with Gasteiger partial charge in [-0.3, -0.25) is 4.79 Å². The number of nitrogens with one attached hydrogen (secondary N) is 1. The third-order valence-electron chi connectivity index (χ3n) is 5.74. The molecule has 0 bridgehead atoms. The fourth-order valence-electron chi connectivity index (χ4n) is 4.06. The lowest BCUT2D eigenvalue weighted by atomic mass is 9.98. The van der Waals surface area contributed by atoms with E-state index in [4.69, 9.17) is 10.7 Å². The van der Waals surface area contributed by atoms with Crippen molar-refractivity contribution in [1.82, 2.24) is 10.3 Å². The smallest absolute Gasteiger partial charge is 0.254 e.